The van der Waals surface area contributed by atoms with Crippen molar-refractivity contribution in [3.05, 3.63) is 35.0 Å². The predicted octanol–water partition coefficient (Wildman–Crippen LogP) is 3.63. The number of aromatic amines is 1. The van der Waals surface area contributed by atoms with Gasteiger partial charge in [0.25, 0.3) is 0 Å². The lowest BCUT2D eigenvalue weighted by Gasteiger charge is -2.35. The van der Waals surface area contributed by atoms with E-state index in [9.17, 15) is 0 Å². The Bertz CT molecular complexity index is 838. The number of H-pyrrole nitrogens is 1. The Kier molecular flexibility index (Phi) is 3.11. The number of imidazole rings is 1. The third-order valence-corrected chi connectivity index (χ3v) is 6.29. The number of nitrogens with zero attached hydrogens (tertiary/aromatic N) is 4. The molecule has 1 saturated heterocycles. The smallest absolute Gasteiger partial charge is 0.141 e. The van der Waals surface area contributed by atoms with E-state index in [1.165, 1.54) is 47.9 Å². The summed E-state index contributed by atoms with van der Waals surface area (Å²) in [6.45, 7) is 1.04. The number of anilines is 1. The van der Waals surface area contributed by atoms with E-state index in [0.717, 1.165) is 29.4 Å². The first-order valence-corrected chi connectivity index (χ1v) is 9.24. The lowest BCUT2D eigenvalue weighted by molar-refractivity contribution is 0.456. The number of nitrogens with one attached hydrogen (secondary N) is 1. The molecule has 1 fully saturated rings. The van der Waals surface area contributed by atoms with Crippen LogP contribution in [0.2, 0.25) is 0 Å². The van der Waals surface area contributed by atoms with Crippen molar-refractivity contribution >= 4 is 27.4 Å². The van der Waals surface area contributed by atoms with E-state index in [2.05, 4.69) is 19.9 Å². The number of aromatic nitrogens is 4. The quantitative estimate of drug-likeness (QED) is 0.781. The highest BCUT2D eigenvalue weighted by Crippen LogP contribution is 2.43. The van der Waals surface area contributed by atoms with Gasteiger partial charge in [0.15, 0.2) is 0 Å². The third-order valence-electron chi connectivity index (χ3n) is 5.09. The number of piperidine rings is 1. The summed E-state index contributed by atoms with van der Waals surface area (Å²) in [5, 5.41) is 1.31. The van der Waals surface area contributed by atoms with E-state index in [0.29, 0.717) is 6.04 Å². The second-order valence-electron chi connectivity index (χ2n) is 6.41. The molecular weight excluding hydrogens is 306 g/mol. The minimum Gasteiger partial charge on any atom is -0.347 e. The third kappa shape index (κ3) is 2.08. The van der Waals surface area contributed by atoms with Gasteiger partial charge in [0, 0.05) is 23.8 Å². The molecule has 6 heteroatoms. The molecule has 0 unspecified atom stereocenters. The number of fused-ring (bicyclic) bond motifs is 3. The highest BCUT2D eigenvalue weighted by molar-refractivity contribution is 7.19. The van der Waals surface area contributed by atoms with Crippen LogP contribution < -0.4 is 4.90 Å². The monoisotopic (exact) mass is 325 g/mol. The van der Waals surface area contributed by atoms with E-state index in [4.69, 9.17) is 4.98 Å². The van der Waals surface area contributed by atoms with E-state index in [-0.39, 0.29) is 0 Å². The highest BCUT2D eigenvalue weighted by Gasteiger charge is 2.30. The summed E-state index contributed by atoms with van der Waals surface area (Å²) in [6, 6.07) is 0.300. The zero-order valence-electron chi connectivity index (χ0n) is 13.0. The van der Waals surface area contributed by atoms with Gasteiger partial charge in [0.1, 0.15) is 22.8 Å². The first-order valence-electron chi connectivity index (χ1n) is 8.43. The average molecular weight is 325 g/mol. The van der Waals surface area contributed by atoms with Crippen molar-refractivity contribution in [3.63, 3.8) is 0 Å². The standard InChI is InChI=1S/C17H19N5S/c1-2-9-22(12(5-1)15-18-7-8-19-15)16-14-11-4-3-6-13(11)23-17(14)21-10-20-16/h7-8,10,12H,1-6,9H2,(H,18,19)/t12-/m0/s1. The minimum absolute atomic E-state index is 0.300. The van der Waals surface area contributed by atoms with Crippen LogP contribution in [0.4, 0.5) is 5.82 Å². The molecule has 4 heterocycles. The predicted molar refractivity (Wildman–Crippen MR) is 92.0 cm³/mol. The molecule has 1 atom stereocenters. The zero-order chi connectivity index (χ0) is 15.2. The number of hydrogen-bond donors (Lipinski definition) is 1. The van der Waals surface area contributed by atoms with Crippen LogP contribution in [0.15, 0.2) is 18.7 Å². The fraction of sp³-hybridized carbons (Fsp3) is 0.471. The summed E-state index contributed by atoms with van der Waals surface area (Å²) in [7, 11) is 0. The molecule has 0 bridgehead atoms. The van der Waals surface area contributed by atoms with Crippen molar-refractivity contribution < 1.29 is 0 Å². The van der Waals surface area contributed by atoms with Crippen LogP contribution in [0.1, 0.15) is 48.0 Å². The first-order chi connectivity index (χ1) is 11.4. The van der Waals surface area contributed by atoms with Gasteiger partial charge in [-0.3, -0.25) is 0 Å². The molecule has 23 heavy (non-hydrogen) atoms. The Hall–Kier alpha value is -1.95. The van der Waals surface area contributed by atoms with Crippen LogP contribution in [-0.2, 0) is 12.8 Å². The molecule has 5 nitrogen and oxygen atoms in total. The van der Waals surface area contributed by atoms with Gasteiger partial charge in [-0.1, -0.05) is 0 Å². The molecule has 1 N–H and O–H groups in total. The SMILES string of the molecule is c1c[nH]c([C@@H]2CCCCN2c2ncnc3sc4c(c23)CCC4)n1. The molecule has 0 aromatic carbocycles. The molecule has 1 aliphatic heterocycles. The minimum atomic E-state index is 0.300. The number of hydrogen-bond acceptors (Lipinski definition) is 5. The summed E-state index contributed by atoms with van der Waals surface area (Å²) >= 11 is 1.86. The van der Waals surface area contributed by atoms with Gasteiger partial charge < -0.3 is 9.88 Å². The second-order valence-corrected chi connectivity index (χ2v) is 7.50. The normalized spacial score (nSPS) is 21.0. The van der Waals surface area contributed by atoms with Crippen LogP contribution in [0.25, 0.3) is 10.2 Å². The van der Waals surface area contributed by atoms with Crippen LogP contribution >= 0.6 is 11.3 Å². The van der Waals surface area contributed by atoms with E-state index < -0.39 is 0 Å². The van der Waals surface area contributed by atoms with Crippen molar-refractivity contribution in [3.8, 4) is 0 Å². The number of thiophene rings is 1. The topological polar surface area (TPSA) is 57.7 Å². The summed E-state index contributed by atoms with van der Waals surface area (Å²) in [6.07, 6.45) is 12.7. The summed E-state index contributed by atoms with van der Waals surface area (Å²) < 4.78 is 0. The maximum Gasteiger partial charge on any atom is 0.141 e. The van der Waals surface area contributed by atoms with Crippen LogP contribution in [0, 0.1) is 0 Å². The largest absolute Gasteiger partial charge is 0.347 e. The van der Waals surface area contributed by atoms with Crippen molar-refractivity contribution in [1.82, 2.24) is 19.9 Å². The molecule has 0 radical (unpaired) electrons. The van der Waals surface area contributed by atoms with Crippen LogP contribution in [0.5, 0.6) is 0 Å². The molecule has 0 amide bonds. The molecule has 118 valence electrons. The number of rotatable bonds is 2. The van der Waals surface area contributed by atoms with Crippen molar-refractivity contribution in [2.24, 2.45) is 0 Å². The van der Waals surface area contributed by atoms with E-state index in [1.807, 2.05) is 23.7 Å². The number of aryl methyl sites for hydroxylation is 2. The summed E-state index contributed by atoms with van der Waals surface area (Å²) in [5.74, 6) is 2.18. The van der Waals surface area contributed by atoms with Gasteiger partial charge >= 0.3 is 0 Å². The Morgan fingerprint density at radius 1 is 1.13 bits per heavy atom. The van der Waals surface area contributed by atoms with Gasteiger partial charge in [-0.15, -0.1) is 11.3 Å². The Labute approximate surface area is 138 Å². The molecule has 2 aliphatic rings. The molecule has 1 aliphatic carbocycles. The fourth-order valence-electron chi connectivity index (χ4n) is 4.06. The van der Waals surface area contributed by atoms with Gasteiger partial charge in [0.05, 0.1) is 11.4 Å². The van der Waals surface area contributed by atoms with Gasteiger partial charge in [0.2, 0.25) is 0 Å². The Balaban J connectivity index is 1.66. The average Bonchev–Trinajstić information content (AvgIpc) is 3.31. The molecular formula is C17H19N5S. The van der Waals surface area contributed by atoms with Crippen molar-refractivity contribution in [1.29, 1.82) is 0 Å². The molecule has 0 saturated carbocycles. The molecule has 0 spiro atoms. The van der Waals surface area contributed by atoms with E-state index >= 15 is 0 Å². The second kappa shape index (κ2) is 5.30. The zero-order valence-corrected chi connectivity index (χ0v) is 13.8. The van der Waals surface area contributed by atoms with E-state index in [1.54, 1.807) is 6.33 Å². The Morgan fingerprint density at radius 3 is 3.04 bits per heavy atom. The highest BCUT2D eigenvalue weighted by atomic mass is 32.1. The fourth-order valence-corrected chi connectivity index (χ4v) is 5.28. The van der Waals surface area contributed by atoms with Crippen LogP contribution in [-0.4, -0.2) is 26.5 Å². The first kappa shape index (κ1) is 13.5. The summed E-state index contributed by atoms with van der Waals surface area (Å²) in [4.78, 5) is 22.2. The van der Waals surface area contributed by atoms with Crippen molar-refractivity contribution in [2.45, 2.75) is 44.6 Å². The maximum atomic E-state index is 4.72. The maximum absolute atomic E-state index is 4.72. The van der Waals surface area contributed by atoms with Crippen LogP contribution in [0.3, 0.4) is 0 Å². The lowest BCUT2D eigenvalue weighted by Crippen LogP contribution is -2.34. The van der Waals surface area contributed by atoms with Gasteiger partial charge in [-0.25, -0.2) is 15.0 Å². The van der Waals surface area contributed by atoms with Crippen molar-refractivity contribution in [2.75, 3.05) is 11.4 Å². The summed E-state index contributed by atoms with van der Waals surface area (Å²) in [5.41, 5.74) is 1.50. The van der Waals surface area contributed by atoms with Gasteiger partial charge in [-0.05, 0) is 44.1 Å². The molecule has 3 aromatic rings. The molecule has 5 rings (SSSR count). The van der Waals surface area contributed by atoms with Gasteiger partial charge in [-0.2, -0.15) is 0 Å². The lowest BCUT2D eigenvalue weighted by atomic mass is 10.0. The Morgan fingerprint density at radius 2 is 2.13 bits per heavy atom. The molecule has 3 aromatic heterocycles.